The molecule has 0 spiro atoms. The van der Waals surface area contributed by atoms with Crippen molar-refractivity contribution in [1.29, 1.82) is 0 Å². The molecule has 0 fully saturated rings. The third kappa shape index (κ3) is 3.90. The quantitative estimate of drug-likeness (QED) is 0.876. The highest BCUT2D eigenvalue weighted by atomic mass is 32.2. The third-order valence-electron chi connectivity index (χ3n) is 3.00. The number of halogens is 1. The maximum absolute atomic E-state index is 13.3. The van der Waals surface area contributed by atoms with Gasteiger partial charge in [-0.15, -0.1) is 0 Å². The van der Waals surface area contributed by atoms with Crippen LogP contribution >= 0.6 is 0 Å². The molecule has 0 saturated heterocycles. The van der Waals surface area contributed by atoms with E-state index in [0.717, 1.165) is 16.7 Å². The average Bonchev–Trinajstić information content (AvgIpc) is 2.32. The van der Waals surface area contributed by atoms with Crippen LogP contribution in [0.4, 0.5) is 10.1 Å². The molecule has 2 rings (SSSR count). The highest BCUT2D eigenvalue weighted by Crippen LogP contribution is 2.16. The van der Waals surface area contributed by atoms with Crippen molar-refractivity contribution in [2.24, 2.45) is 0 Å². The average molecular weight is 291 g/mol. The van der Waals surface area contributed by atoms with Crippen LogP contribution in [-0.4, -0.2) is 4.21 Å². The fraction of sp³-hybridized carbons (Fsp3) is 0.250. The van der Waals surface area contributed by atoms with Crippen LogP contribution in [0.15, 0.2) is 36.4 Å². The fourth-order valence-corrected chi connectivity index (χ4v) is 3.43. The molecule has 0 aliphatic carbocycles. The van der Waals surface area contributed by atoms with E-state index in [1.165, 1.54) is 12.1 Å². The second kappa shape index (κ2) is 6.18. The number of aryl methyl sites for hydroxylation is 2. The van der Waals surface area contributed by atoms with Gasteiger partial charge in [-0.05, 0) is 37.1 Å². The van der Waals surface area contributed by atoms with Gasteiger partial charge in [0.1, 0.15) is 5.82 Å². The van der Waals surface area contributed by atoms with Crippen LogP contribution in [0.3, 0.4) is 0 Å². The van der Waals surface area contributed by atoms with Gasteiger partial charge in [0.2, 0.25) is 0 Å². The molecule has 1 unspecified atom stereocenters. The summed E-state index contributed by atoms with van der Waals surface area (Å²) >= 11 is 0. The molecule has 0 aliphatic rings. The van der Waals surface area contributed by atoms with Crippen LogP contribution in [-0.2, 0) is 22.3 Å². The van der Waals surface area contributed by atoms with Gasteiger partial charge < -0.3 is 5.73 Å². The second-order valence-electron chi connectivity index (χ2n) is 5.08. The first-order valence-corrected chi connectivity index (χ1v) is 7.89. The lowest BCUT2D eigenvalue weighted by Crippen LogP contribution is -2.01. The number of nitrogen functional groups attached to an aromatic ring is 1. The number of anilines is 1. The Labute approximate surface area is 121 Å². The van der Waals surface area contributed by atoms with E-state index in [9.17, 15) is 8.60 Å². The molecule has 20 heavy (non-hydrogen) atoms. The number of rotatable bonds is 4. The van der Waals surface area contributed by atoms with E-state index in [1.54, 1.807) is 6.07 Å². The molecular weight excluding hydrogens is 273 g/mol. The first kappa shape index (κ1) is 14.7. The predicted octanol–water partition coefficient (Wildman–Crippen LogP) is 3.47. The van der Waals surface area contributed by atoms with Crippen LogP contribution in [0.1, 0.15) is 22.3 Å². The smallest absolute Gasteiger partial charge is 0.146 e. The first-order valence-electron chi connectivity index (χ1n) is 6.40. The van der Waals surface area contributed by atoms with Gasteiger partial charge in [0.15, 0.2) is 0 Å². The summed E-state index contributed by atoms with van der Waals surface area (Å²) in [6.45, 7) is 4.05. The number of hydrogen-bond donors (Lipinski definition) is 1. The molecule has 0 aliphatic heterocycles. The molecule has 0 saturated carbocycles. The molecule has 0 radical (unpaired) electrons. The zero-order chi connectivity index (χ0) is 14.7. The van der Waals surface area contributed by atoms with Gasteiger partial charge in [-0.1, -0.05) is 35.4 Å². The monoisotopic (exact) mass is 291 g/mol. The molecule has 1 atom stereocenters. The lowest BCUT2D eigenvalue weighted by atomic mass is 10.1. The van der Waals surface area contributed by atoms with Gasteiger partial charge in [-0.3, -0.25) is 4.21 Å². The summed E-state index contributed by atoms with van der Waals surface area (Å²) in [5.74, 6) is 0.365. The topological polar surface area (TPSA) is 43.1 Å². The van der Waals surface area contributed by atoms with Crippen molar-refractivity contribution in [1.82, 2.24) is 0 Å². The van der Waals surface area contributed by atoms with Gasteiger partial charge in [-0.2, -0.15) is 0 Å². The fourth-order valence-electron chi connectivity index (χ4n) is 2.24. The maximum Gasteiger partial charge on any atom is 0.146 e. The van der Waals surface area contributed by atoms with Crippen molar-refractivity contribution in [3.05, 3.63) is 64.5 Å². The molecule has 0 amide bonds. The normalized spacial score (nSPS) is 12.3. The van der Waals surface area contributed by atoms with Crippen molar-refractivity contribution in [3.63, 3.8) is 0 Å². The summed E-state index contributed by atoms with van der Waals surface area (Å²) in [5.41, 5.74) is 9.63. The van der Waals surface area contributed by atoms with Crippen LogP contribution in [0.5, 0.6) is 0 Å². The van der Waals surface area contributed by atoms with E-state index in [4.69, 9.17) is 5.73 Å². The van der Waals surface area contributed by atoms with E-state index < -0.39 is 16.6 Å². The summed E-state index contributed by atoms with van der Waals surface area (Å²) in [4.78, 5) is 0. The van der Waals surface area contributed by atoms with Crippen molar-refractivity contribution < 1.29 is 8.60 Å². The summed E-state index contributed by atoms with van der Waals surface area (Å²) in [5, 5.41) is 0. The van der Waals surface area contributed by atoms with Crippen molar-refractivity contribution >= 4 is 16.5 Å². The highest BCUT2D eigenvalue weighted by Gasteiger charge is 2.07. The Morgan fingerprint density at radius 2 is 1.60 bits per heavy atom. The second-order valence-corrected chi connectivity index (χ2v) is 6.54. The molecular formula is C16H18FNOS. The zero-order valence-corrected chi connectivity index (χ0v) is 12.5. The first-order chi connectivity index (χ1) is 9.44. The standard InChI is InChI=1S/C16H18FNOS/c1-11-5-12(2)7-14(6-11)10-20(19)9-13-3-4-16(18)15(17)8-13/h3-8H,9-10,18H2,1-2H3. The molecule has 2 nitrogen and oxygen atoms in total. The molecule has 2 aromatic carbocycles. The SMILES string of the molecule is Cc1cc(C)cc(CS(=O)Cc2ccc(N)c(F)c2)c1. The molecule has 106 valence electrons. The van der Waals surface area contributed by atoms with Gasteiger partial charge in [0, 0.05) is 22.3 Å². The molecule has 2 N–H and O–H groups in total. The molecule has 0 heterocycles. The summed E-state index contributed by atoms with van der Waals surface area (Å²) < 4.78 is 25.5. The van der Waals surface area contributed by atoms with Gasteiger partial charge >= 0.3 is 0 Å². The molecule has 0 bridgehead atoms. The summed E-state index contributed by atoms with van der Waals surface area (Å²) in [6.07, 6.45) is 0. The number of benzene rings is 2. The molecule has 2 aromatic rings. The van der Waals surface area contributed by atoms with E-state index in [2.05, 4.69) is 6.07 Å². The van der Waals surface area contributed by atoms with Crippen molar-refractivity contribution in [3.8, 4) is 0 Å². The molecule has 4 heteroatoms. The van der Waals surface area contributed by atoms with Crippen LogP contribution in [0, 0.1) is 19.7 Å². The summed E-state index contributed by atoms with van der Waals surface area (Å²) in [6, 6.07) is 10.7. The largest absolute Gasteiger partial charge is 0.396 e. The summed E-state index contributed by atoms with van der Waals surface area (Å²) in [7, 11) is -1.06. The zero-order valence-electron chi connectivity index (χ0n) is 11.7. The Kier molecular flexibility index (Phi) is 4.55. The van der Waals surface area contributed by atoms with Crippen LogP contribution in [0.25, 0.3) is 0 Å². The number of nitrogens with two attached hydrogens (primary N) is 1. The Hall–Kier alpha value is -1.68. The van der Waals surface area contributed by atoms with Crippen LogP contribution < -0.4 is 5.73 Å². The minimum absolute atomic E-state index is 0.119. The van der Waals surface area contributed by atoms with Gasteiger partial charge in [0.25, 0.3) is 0 Å². The Bertz CT molecular complexity index is 635. The van der Waals surface area contributed by atoms with E-state index >= 15 is 0 Å². The van der Waals surface area contributed by atoms with Crippen molar-refractivity contribution in [2.45, 2.75) is 25.4 Å². The maximum atomic E-state index is 13.3. The Balaban J connectivity index is 2.06. The van der Waals surface area contributed by atoms with E-state index in [-0.39, 0.29) is 5.69 Å². The predicted molar refractivity (Wildman–Crippen MR) is 82.3 cm³/mol. The van der Waals surface area contributed by atoms with Crippen LogP contribution in [0.2, 0.25) is 0 Å². The molecule has 0 aromatic heterocycles. The van der Waals surface area contributed by atoms with E-state index in [0.29, 0.717) is 17.1 Å². The lowest BCUT2D eigenvalue weighted by Gasteiger charge is -2.06. The highest BCUT2D eigenvalue weighted by molar-refractivity contribution is 7.83. The third-order valence-corrected chi connectivity index (χ3v) is 4.31. The number of hydrogen-bond acceptors (Lipinski definition) is 2. The Morgan fingerprint density at radius 1 is 1.00 bits per heavy atom. The minimum atomic E-state index is -1.06. The Morgan fingerprint density at radius 3 is 2.20 bits per heavy atom. The van der Waals surface area contributed by atoms with E-state index in [1.807, 2.05) is 26.0 Å². The van der Waals surface area contributed by atoms with Gasteiger partial charge in [-0.25, -0.2) is 4.39 Å². The minimum Gasteiger partial charge on any atom is -0.396 e. The van der Waals surface area contributed by atoms with Gasteiger partial charge in [0.05, 0.1) is 5.69 Å². The lowest BCUT2D eigenvalue weighted by molar-refractivity contribution is 0.631. The van der Waals surface area contributed by atoms with Crippen molar-refractivity contribution in [2.75, 3.05) is 5.73 Å².